The van der Waals surface area contributed by atoms with E-state index in [1.54, 1.807) is 31.3 Å². The van der Waals surface area contributed by atoms with E-state index in [9.17, 15) is 9.18 Å². The molecule has 0 spiro atoms. The summed E-state index contributed by atoms with van der Waals surface area (Å²) in [4.78, 5) is 11.7. The number of nitrogens with two attached hydrogens (primary N) is 1. The Labute approximate surface area is 104 Å². The third-order valence-electron chi connectivity index (χ3n) is 2.70. The normalized spacial score (nSPS) is 10.6. The molecule has 94 valence electrons. The van der Waals surface area contributed by atoms with Crippen LogP contribution in [-0.4, -0.2) is 9.78 Å². The van der Waals surface area contributed by atoms with E-state index in [1.807, 2.05) is 0 Å². The Balaban J connectivity index is 2.37. The van der Waals surface area contributed by atoms with Gasteiger partial charge in [-0.25, -0.2) is 9.07 Å². The van der Waals surface area contributed by atoms with E-state index >= 15 is 0 Å². The zero-order chi connectivity index (χ0) is 13.1. The summed E-state index contributed by atoms with van der Waals surface area (Å²) in [5, 5.41) is 3.98. The molecule has 2 N–H and O–H groups in total. The summed E-state index contributed by atoms with van der Waals surface area (Å²) in [5.74, 6) is -0.366. The van der Waals surface area contributed by atoms with Crippen LogP contribution in [-0.2, 0) is 13.1 Å². The number of benzene rings is 1. The lowest BCUT2D eigenvalue weighted by molar-refractivity contribution is 0.561. The van der Waals surface area contributed by atoms with Gasteiger partial charge in [0, 0.05) is 23.7 Å². The lowest BCUT2D eigenvalue weighted by Crippen LogP contribution is -2.23. The first-order valence-electron chi connectivity index (χ1n) is 5.62. The molecule has 0 unspecified atom stereocenters. The smallest absolute Gasteiger partial charge is 0.267 e. The Kier molecular flexibility index (Phi) is 3.53. The number of nitrogens with zero attached hydrogens (tertiary/aromatic N) is 2. The molecule has 5 heteroatoms. The molecule has 2 rings (SSSR count). The van der Waals surface area contributed by atoms with Crippen molar-refractivity contribution in [2.75, 3.05) is 0 Å². The van der Waals surface area contributed by atoms with Crippen LogP contribution in [0.1, 0.15) is 16.7 Å². The fraction of sp³-hybridized carbons (Fsp3) is 0.231. The molecule has 0 saturated carbocycles. The van der Waals surface area contributed by atoms with Crippen molar-refractivity contribution >= 4 is 0 Å². The molecule has 0 saturated heterocycles. The lowest BCUT2D eigenvalue weighted by atomic mass is 10.1. The highest BCUT2D eigenvalue weighted by atomic mass is 19.1. The van der Waals surface area contributed by atoms with E-state index in [0.29, 0.717) is 11.1 Å². The SMILES string of the molecule is Cc1cnn(Cc2cccc(CN)c2F)c(=O)c1. The van der Waals surface area contributed by atoms with E-state index in [0.717, 1.165) is 5.56 Å². The number of rotatable bonds is 3. The minimum atomic E-state index is -0.366. The molecule has 0 aliphatic rings. The molecule has 0 atom stereocenters. The maximum atomic E-state index is 13.9. The number of hydrogen-bond donors (Lipinski definition) is 1. The predicted molar refractivity (Wildman–Crippen MR) is 66.6 cm³/mol. The van der Waals surface area contributed by atoms with Gasteiger partial charge >= 0.3 is 0 Å². The molecule has 1 heterocycles. The van der Waals surface area contributed by atoms with E-state index in [2.05, 4.69) is 5.10 Å². The van der Waals surface area contributed by atoms with Gasteiger partial charge in [0.25, 0.3) is 5.56 Å². The van der Waals surface area contributed by atoms with Crippen LogP contribution in [0.25, 0.3) is 0 Å². The topological polar surface area (TPSA) is 60.9 Å². The van der Waals surface area contributed by atoms with Crippen LogP contribution >= 0.6 is 0 Å². The van der Waals surface area contributed by atoms with Crippen molar-refractivity contribution < 1.29 is 4.39 Å². The molecule has 4 nitrogen and oxygen atoms in total. The van der Waals surface area contributed by atoms with Gasteiger partial charge in [0.2, 0.25) is 0 Å². The van der Waals surface area contributed by atoms with Crippen LogP contribution in [0.15, 0.2) is 35.3 Å². The van der Waals surface area contributed by atoms with E-state index < -0.39 is 0 Å². The van der Waals surface area contributed by atoms with Crippen LogP contribution in [0.2, 0.25) is 0 Å². The summed E-state index contributed by atoms with van der Waals surface area (Å²) in [6, 6.07) is 6.45. The van der Waals surface area contributed by atoms with Gasteiger partial charge in [-0.3, -0.25) is 4.79 Å². The van der Waals surface area contributed by atoms with Gasteiger partial charge < -0.3 is 5.73 Å². The molecule has 1 aromatic heterocycles. The third-order valence-corrected chi connectivity index (χ3v) is 2.70. The van der Waals surface area contributed by atoms with Crippen molar-refractivity contribution in [3.05, 3.63) is 63.3 Å². The maximum absolute atomic E-state index is 13.9. The van der Waals surface area contributed by atoms with Crippen molar-refractivity contribution in [2.45, 2.75) is 20.0 Å². The highest BCUT2D eigenvalue weighted by molar-refractivity contribution is 5.26. The molecular formula is C13H14FN3O. The highest BCUT2D eigenvalue weighted by Crippen LogP contribution is 2.12. The Morgan fingerprint density at radius 2 is 2.11 bits per heavy atom. The molecule has 0 amide bonds. The minimum Gasteiger partial charge on any atom is -0.326 e. The van der Waals surface area contributed by atoms with Gasteiger partial charge in [0.15, 0.2) is 0 Å². The number of hydrogen-bond acceptors (Lipinski definition) is 3. The lowest BCUT2D eigenvalue weighted by Gasteiger charge is -2.08. The van der Waals surface area contributed by atoms with Crippen molar-refractivity contribution in [3.63, 3.8) is 0 Å². The standard InChI is InChI=1S/C13H14FN3O/c1-9-5-12(18)17(16-7-9)8-11-4-2-3-10(6-15)13(11)14/h2-5,7H,6,8,15H2,1H3. The third kappa shape index (κ3) is 2.46. The first-order valence-corrected chi connectivity index (χ1v) is 5.62. The summed E-state index contributed by atoms with van der Waals surface area (Å²) in [5.41, 5.74) is 6.83. The van der Waals surface area contributed by atoms with Gasteiger partial charge in [-0.2, -0.15) is 5.10 Å². The molecule has 1 aromatic carbocycles. The number of halogens is 1. The second-order valence-corrected chi connectivity index (χ2v) is 4.12. The van der Waals surface area contributed by atoms with Gasteiger partial charge in [-0.1, -0.05) is 18.2 Å². The van der Waals surface area contributed by atoms with Crippen molar-refractivity contribution in [1.29, 1.82) is 0 Å². The zero-order valence-corrected chi connectivity index (χ0v) is 10.1. The van der Waals surface area contributed by atoms with Gasteiger partial charge in [0.05, 0.1) is 12.7 Å². The van der Waals surface area contributed by atoms with Crippen molar-refractivity contribution in [1.82, 2.24) is 9.78 Å². The van der Waals surface area contributed by atoms with Crippen LogP contribution in [0, 0.1) is 12.7 Å². The fourth-order valence-corrected chi connectivity index (χ4v) is 1.72. The average Bonchev–Trinajstić information content (AvgIpc) is 2.35. The van der Waals surface area contributed by atoms with Gasteiger partial charge in [-0.05, 0) is 12.5 Å². The summed E-state index contributed by atoms with van der Waals surface area (Å²) in [7, 11) is 0. The fourth-order valence-electron chi connectivity index (χ4n) is 1.72. The minimum absolute atomic E-state index is 0.110. The second kappa shape index (κ2) is 5.10. The van der Waals surface area contributed by atoms with Crippen LogP contribution in [0.5, 0.6) is 0 Å². The van der Waals surface area contributed by atoms with Crippen LogP contribution < -0.4 is 11.3 Å². The maximum Gasteiger partial charge on any atom is 0.267 e. The second-order valence-electron chi connectivity index (χ2n) is 4.12. The molecule has 0 aliphatic heterocycles. The molecule has 0 fully saturated rings. The molecule has 0 bridgehead atoms. The van der Waals surface area contributed by atoms with Crippen LogP contribution in [0.3, 0.4) is 0 Å². The number of aryl methyl sites for hydroxylation is 1. The Hall–Kier alpha value is -2.01. The highest BCUT2D eigenvalue weighted by Gasteiger charge is 2.08. The monoisotopic (exact) mass is 247 g/mol. The van der Waals surface area contributed by atoms with E-state index in [1.165, 1.54) is 10.7 Å². The van der Waals surface area contributed by atoms with Crippen LogP contribution in [0.4, 0.5) is 4.39 Å². The van der Waals surface area contributed by atoms with E-state index in [4.69, 9.17) is 5.73 Å². The van der Waals surface area contributed by atoms with Gasteiger partial charge in [-0.15, -0.1) is 0 Å². The molecular weight excluding hydrogens is 233 g/mol. The summed E-state index contributed by atoms with van der Waals surface area (Å²) in [6.07, 6.45) is 1.58. The Bertz CT molecular complexity index is 622. The van der Waals surface area contributed by atoms with Gasteiger partial charge in [0.1, 0.15) is 5.82 Å². The van der Waals surface area contributed by atoms with E-state index in [-0.39, 0.29) is 24.5 Å². The molecule has 0 radical (unpaired) electrons. The first kappa shape index (κ1) is 12.4. The molecule has 0 aliphatic carbocycles. The average molecular weight is 247 g/mol. The van der Waals surface area contributed by atoms with Crippen molar-refractivity contribution in [3.8, 4) is 0 Å². The quantitative estimate of drug-likeness (QED) is 0.886. The summed E-state index contributed by atoms with van der Waals surface area (Å²) >= 11 is 0. The number of aromatic nitrogens is 2. The Morgan fingerprint density at radius 3 is 2.78 bits per heavy atom. The zero-order valence-electron chi connectivity index (χ0n) is 10.1. The molecule has 18 heavy (non-hydrogen) atoms. The predicted octanol–water partition coefficient (Wildman–Crippen LogP) is 1.20. The first-order chi connectivity index (χ1) is 8.61. The Morgan fingerprint density at radius 1 is 1.39 bits per heavy atom. The summed E-state index contributed by atoms with van der Waals surface area (Å²) < 4.78 is 15.2. The molecule has 2 aromatic rings. The van der Waals surface area contributed by atoms with Crippen molar-refractivity contribution in [2.24, 2.45) is 5.73 Å². The summed E-state index contributed by atoms with van der Waals surface area (Å²) in [6.45, 7) is 2.03. The largest absolute Gasteiger partial charge is 0.326 e.